The Morgan fingerprint density at radius 3 is 2.48 bits per heavy atom. The number of thiol groups is 1. The first-order valence-corrected chi connectivity index (χ1v) is 11.8. The molecule has 0 spiro atoms. The van der Waals surface area contributed by atoms with Crippen LogP contribution < -0.4 is 23.8 Å². The molecular formula is C23H25N3O5S2. The first kappa shape index (κ1) is 24.5. The summed E-state index contributed by atoms with van der Waals surface area (Å²) in [5.41, 5.74) is 1.97. The van der Waals surface area contributed by atoms with E-state index >= 15 is 0 Å². The van der Waals surface area contributed by atoms with E-state index in [0.717, 1.165) is 15.3 Å². The molecule has 0 aliphatic heterocycles. The monoisotopic (exact) mass is 487 g/mol. The lowest BCUT2D eigenvalue weighted by atomic mass is 10.1. The summed E-state index contributed by atoms with van der Waals surface area (Å²) in [4.78, 5) is 28.6. The maximum Gasteiger partial charge on any atom is 0.338 e. The van der Waals surface area contributed by atoms with Crippen LogP contribution in [0, 0.1) is 6.92 Å². The molecule has 0 aliphatic carbocycles. The molecule has 0 bridgehead atoms. The van der Waals surface area contributed by atoms with Crippen molar-refractivity contribution in [3.8, 4) is 23.0 Å². The third-order valence-electron chi connectivity index (χ3n) is 4.80. The second-order valence-electron chi connectivity index (χ2n) is 6.99. The second-order valence-corrected chi connectivity index (χ2v) is 8.38. The number of amides is 3. The second kappa shape index (κ2) is 11.2. The summed E-state index contributed by atoms with van der Waals surface area (Å²) in [6, 6.07) is 9.96. The number of fused-ring (bicyclic) bond motifs is 1. The average molecular weight is 488 g/mol. The molecule has 0 atom stereocenters. The van der Waals surface area contributed by atoms with Crippen LogP contribution in [-0.4, -0.2) is 43.2 Å². The lowest BCUT2D eigenvalue weighted by molar-refractivity contribution is -0.119. The Labute approximate surface area is 202 Å². The number of nitrogens with one attached hydrogen (secondary N) is 1. The van der Waals surface area contributed by atoms with E-state index in [1.807, 2.05) is 19.2 Å². The first-order chi connectivity index (χ1) is 15.9. The highest BCUT2D eigenvalue weighted by atomic mass is 32.2. The zero-order valence-corrected chi connectivity index (χ0v) is 20.5. The van der Waals surface area contributed by atoms with Gasteiger partial charge in [-0.2, -0.15) is 11.8 Å². The van der Waals surface area contributed by atoms with Gasteiger partial charge in [0.05, 0.1) is 25.4 Å². The smallest absolute Gasteiger partial charge is 0.338 e. The van der Waals surface area contributed by atoms with Crippen LogP contribution >= 0.6 is 24.6 Å². The van der Waals surface area contributed by atoms with Crippen LogP contribution in [0.4, 0.5) is 10.5 Å². The lowest BCUT2D eigenvalue weighted by Crippen LogP contribution is -2.38. The molecule has 0 radical (unpaired) electrons. The van der Waals surface area contributed by atoms with Gasteiger partial charge in [0.1, 0.15) is 11.5 Å². The quantitative estimate of drug-likeness (QED) is 0.433. The predicted molar refractivity (Wildman–Crippen MR) is 134 cm³/mol. The molecule has 174 valence electrons. The fraction of sp³-hybridized carbons (Fsp3) is 0.261. The molecule has 33 heavy (non-hydrogen) atoms. The highest BCUT2D eigenvalue weighted by Gasteiger charge is 2.18. The fourth-order valence-corrected chi connectivity index (χ4v) is 3.80. The fourth-order valence-electron chi connectivity index (χ4n) is 3.13. The number of thioether (sulfide) groups is 1. The van der Waals surface area contributed by atoms with Gasteiger partial charge in [-0.3, -0.25) is 15.1 Å². The number of pyridine rings is 1. The van der Waals surface area contributed by atoms with E-state index in [0.29, 0.717) is 40.0 Å². The van der Waals surface area contributed by atoms with Crippen molar-refractivity contribution in [2.45, 2.75) is 13.3 Å². The molecule has 0 saturated carbocycles. The van der Waals surface area contributed by atoms with Crippen LogP contribution in [0.2, 0.25) is 0 Å². The summed E-state index contributed by atoms with van der Waals surface area (Å²) in [5.74, 6) is 2.60. The van der Waals surface area contributed by atoms with Crippen LogP contribution in [0.25, 0.3) is 10.9 Å². The molecule has 10 heteroatoms. The number of aryl methyl sites for hydroxylation is 1. The Balaban J connectivity index is 1.81. The van der Waals surface area contributed by atoms with Crippen LogP contribution in [0.15, 0.2) is 42.6 Å². The number of benzene rings is 2. The molecule has 3 amide bonds. The van der Waals surface area contributed by atoms with Crippen molar-refractivity contribution in [2.24, 2.45) is 0 Å². The highest BCUT2D eigenvalue weighted by Crippen LogP contribution is 2.37. The number of hydrogen-bond acceptors (Lipinski definition) is 8. The topological polar surface area (TPSA) is 90.0 Å². The van der Waals surface area contributed by atoms with Crippen LogP contribution in [0.3, 0.4) is 0 Å². The summed E-state index contributed by atoms with van der Waals surface area (Å²) in [6.07, 6.45) is 3.81. The standard InChI is InChI=1S/C23H25N3O5S2/c1-14-11-15(5-6-18(14)26(32)23(28)25-22(27)8-10-33-4)31-19-7-9-24-17-13-21(30-3)20(29-2)12-16(17)19/h5-7,9,11-13,32H,8,10H2,1-4H3,(H,25,27,28). The van der Waals surface area contributed by atoms with Gasteiger partial charge >= 0.3 is 6.03 Å². The van der Waals surface area contributed by atoms with Gasteiger partial charge in [-0.15, -0.1) is 0 Å². The largest absolute Gasteiger partial charge is 0.493 e. The van der Waals surface area contributed by atoms with Crippen LogP contribution in [-0.2, 0) is 4.79 Å². The molecule has 0 fully saturated rings. The molecule has 3 aromatic rings. The number of imide groups is 1. The van der Waals surface area contributed by atoms with Gasteiger partial charge in [0.15, 0.2) is 11.5 Å². The number of aromatic nitrogens is 1. The highest BCUT2D eigenvalue weighted by molar-refractivity contribution is 7.98. The number of anilines is 1. The predicted octanol–water partition coefficient (Wildman–Crippen LogP) is 4.99. The van der Waals surface area contributed by atoms with Crippen molar-refractivity contribution in [3.63, 3.8) is 0 Å². The van der Waals surface area contributed by atoms with Gasteiger partial charge < -0.3 is 14.2 Å². The van der Waals surface area contributed by atoms with Crippen LogP contribution in [0.1, 0.15) is 12.0 Å². The first-order valence-electron chi connectivity index (χ1n) is 9.99. The molecule has 3 rings (SSSR count). The molecule has 0 aliphatic rings. The van der Waals surface area contributed by atoms with Gasteiger partial charge in [-0.1, -0.05) is 12.8 Å². The third kappa shape index (κ3) is 5.82. The average Bonchev–Trinajstić information content (AvgIpc) is 2.81. The molecule has 1 heterocycles. The number of nitrogens with zero attached hydrogens (tertiary/aromatic N) is 2. The van der Waals surface area contributed by atoms with E-state index < -0.39 is 6.03 Å². The van der Waals surface area contributed by atoms with E-state index in [1.165, 1.54) is 11.8 Å². The maximum absolute atomic E-state index is 12.4. The molecule has 1 N–H and O–H groups in total. The van der Waals surface area contributed by atoms with E-state index in [2.05, 4.69) is 23.1 Å². The van der Waals surface area contributed by atoms with Gasteiger partial charge in [0.2, 0.25) is 5.91 Å². The van der Waals surface area contributed by atoms with Crippen LogP contribution in [0.5, 0.6) is 23.0 Å². The minimum atomic E-state index is -0.609. The van der Waals surface area contributed by atoms with Crippen molar-refractivity contribution in [3.05, 3.63) is 48.2 Å². The number of carbonyl (C=O) groups excluding carboxylic acids is 2. The maximum atomic E-state index is 12.4. The normalized spacial score (nSPS) is 10.6. The van der Waals surface area contributed by atoms with Crippen molar-refractivity contribution in [2.75, 3.05) is 30.5 Å². The van der Waals surface area contributed by atoms with Crippen molar-refractivity contribution in [1.29, 1.82) is 0 Å². The molecule has 1 aromatic heterocycles. The zero-order valence-electron chi connectivity index (χ0n) is 18.7. The molecule has 0 unspecified atom stereocenters. The molecular weight excluding hydrogens is 462 g/mol. The van der Waals surface area contributed by atoms with Gasteiger partial charge in [-0.25, -0.2) is 9.10 Å². The Bertz CT molecular complexity index is 1170. The van der Waals surface area contributed by atoms with Crippen molar-refractivity contribution in [1.82, 2.24) is 10.3 Å². The molecule has 2 aromatic carbocycles. The summed E-state index contributed by atoms with van der Waals surface area (Å²) >= 11 is 5.80. The van der Waals surface area contributed by atoms with E-state index in [9.17, 15) is 9.59 Å². The van der Waals surface area contributed by atoms with E-state index in [4.69, 9.17) is 14.2 Å². The Morgan fingerprint density at radius 2 is 1.82 bits per heavy atom. The minimum absolute atomic E-state index is 0.261. The number of carbonyl (C=O) groups is 2. The lowest BCUT2D eigenvalue weighted by Gasteiger charge is -2.19. The number of methoxy groups -OCH3 is 2. The molecule has 8 nitrogen and oxygen atoms in total. The van der Waals surface area contributed by atoms with E-state index in [-0.39, 0.29) is 12.3 Å². The Kier molecular flexibility index (Phi) is 8.29. The SMILES string of the molecule is COc1cc2nccc(Oc3ccc(N(S)C(=O)NC(=O)CCSC)c(C)c3)c2cc1OC. The number of rotatable bonds is 8. The number of ether oxygens (including phenoxy) is 3. The molecule has 0 saturated heterocycles. The summed E-state index contributed by atoms with van der Waals surface area (Å²) in [7, 11) is 3.14. The minimum Gasteiger partial charge on any atom is -0.493 e. The number of urea groups is 1. The van der Waals surface area contributed by atoms with Gasteiger partial charge in [0, 0.05) is 29.8 Å². The Hall–Kier alpha value is -3.11. The van der Waals surface area contributed by atoms with Crippen molar-refractivity contribution < 1.29 is 23.8 Å². The third-order valence-corrected chi connectivity index (χ3v) is 5.81. The van der Waals surface area contributed by atoms with E-state index in [1.54, 1.807) is 50.7 Å². The summed E-state index contributed by atoms with van der Waals surface area (Å²) in [6.45, 7) is 1.83. The Morgan fingerprint density at radius 1 is 1.09 bits per heavy atom. The van der Waals surface area contributed by atoms with Gasteiger partial charge in [0.25, 0.3) is 0 Å². The van der Waals surface area contributed by atoms with Crippen molar-refractivity contribution >= 4 is 53.1 Å². The van der Waals surface area contributed by atoms with Gasteiger partial charge in [-0.05, 0) is 49.1 Å². The zero-order chi connectivity index (χ0) is 24.0. The number of hydrogen-bond donors (Lipinski definition) is 2. The summed E-state index contributed by atoms with van der Waals surface area (Å²) < 4.78 is 18.0. The summed E-state index contributed by atoms with van der Waals surface area (Å²) in [5, 5.41) is 3.09.